The number of ether oxygens (including phenoxy) is 1. The molecule has 0 aliphatic rings. The molecule has 0 spiro atoms. The zero-order chi connectivity index (χ0) is 24.4. The van der Waals surface area contributed by atoms with Crippen molar-refractivity contribution in [1.82, 2.24) is 23.7 Å². The molecule has 0 aliphatic carbocycles. The number of benzene rings is 1. The number of nitrogens with zero attached hydrogens (tertiary/aromatic N) is 5. The summed E-state index contributed by atoms with van der Waals surface area (Å²) < 4.78 is 10.4. The SMILES string of the molecule is C=CC(=C)Nc1cccc(Cn2cc(Nc3cn(C)nc3OC)c3ncc(C(C)C)n3c2=O)c1. The number of aryl methyl sites for hydroxylation is 1. The standard InChI is InChI=1S/C25H29N7O2/c1-7-17(4)27-19-10-8-9-18(11-19)13-31-15-20(28-21-14-30(5)29-24(21)34-6)23-26-12-22(16(2)3)32(23)25(31)33/h7-12,14-16,27-28H,1,4,13H2,2-3,5-6H3. The predicted octanol–water partition coefficient (Wildman–Crippen LogP) is 4.27. The molecule has 0 amide bonds. The van der Waals surface area contributed by atoms with Crippen LogP contribution in [0.2, 0.25) is 0 Å². The first-order chi connectivity index (χ1) is 16.3. The van der Waals surface area contributed by atoms with E-state index in [1.54, 1.807) is 39.2 Å². The normalized spacial score (nSPS) is 11.1. The highest BCUT2D eigenvalue weighted by Crippen LogP contribution is 2.28. The number of hydrogen-bond acceptors (Lipinski definition) is 6. The fourth-order valence-electron chi connectivity index (χ4n) is 3.79. The van der Waals surface area contributed by atoms with E-state index in [2.05, 4.69) is 33.9 Å². The molecule has 2 N–H and O–H groups in total. The van der Waals surface area contributed by atoms with E-state index in [0.717, 1.165) is 16.9 Å². The van der Waals surface area contributed by atoms with E-state index in [1.807, 2.05) is 51.4 Å². The van der Waals surface area contributed by atoms with Gasteiger partial charge in [0.05, 0.1) is 31.2 Å². The maximum Gasteiger partial charge on any atom is 0.334 e. The maximum atomic E-state index is 13.5. The molecular weight excluding hydrogens is 430 g/mol. The second kappa shape index (κ2) is 9.30. The molecule has 0 atom stereocenters. The van der Waals surface area contributed by atoms with Gasteiger partial charge < -0.3 is 15.4 Å². The molecule has 0 unspecified atom stereocenters. The van der Waals surface area contributed by atoms with E-state index in [0.29, 0.717) is 35.1 Å². The molecule has 4 rings (SSSR count). The molecule has 9 nitrogen and oxygen atoms in total. The topological polar surface area (TPSA) is 90.4 Å². The summed E-state index contributed by atoms with van der Waals surface area (Å²) in [5, 5.41) is 10.8. The third-order valence-corrected chi connectivity index (χ3v) is 5.43. The maximum absolute atomic E-state index is 13.5. The van der Waals surface area contributed by atoms with Crippen molar-refractivity contribution < 1.29 is 4.74 Å². The van der Waals surface area contributed by atoms with Crippen LogP contribution >= 0.6 is 0 Å². The lowest BCUT2D eigenvalue weighted by atomic mass is 10.1. The summed E-state index contributed by atoms with van der Waals surface area (Å²) in [6, 6.07) is 7.85. The lowest BCUT2D eigenvalue weighted by Crippen LogP contribution is -2.28. The van der Waals surface area contributed by atoms with Crippen LogP contribution in [0, 0.1) is 0 Å². The van der Waals surface area contributed by atoms with E-state index in [1.165, 1.54) is 0 Å². The quantitative estimate of drug-likeness (QED) is 0.364. The van der Waals surface area contributed by atoms with Gasteiger partial charge in [-0.25, -0.2) is 14.2 Å². The number of anilines is 3. The largest absolute Gasteiger partial charge is 0.478 e. The summed E-state index contributed by atoms with van der Waals surface area (Å²) in [6.45, 7) is 12.1. The van der Waals surface area contributed by atoms with Gasteiger partial charge in [0.1, 0.15) is 5.69 Å². The zero-order valence-electron chi connectivity index (χ0n) is 19.9. The molecule has 176 valence electrons. The summed E-state index contributed by atoms with van der Waals surface area (Å²) >= 11 is 0. The average molecular weight is 460 g/mol. The lowest BCUT2D eigenvalue weighted by Gasteiger charge is -2.14. The van der Waals surface area contributed by atoms with Crippen molar-refractivity contribution >= 4 is 22.7 Å². The second-order valence-corrected chi connectivity index (χ2v) is 8.36. The second-order valence-electron chi connectivity index (χ2n) is 8.36. The van der Waals surface area contributed by atoms with E-state index < -0.39 is 0 Å². The molecule has 9 heteroatoms. The highest BCUT2D eigenvalue weighted by atomic mass is 16.5. The molecule has 0 radical (unpaired) electrons. The van der Waals surface area contributed by atoms with Gasteiger partial charge in [0, 0.05) is 30.8 Å². The highest BCUT2D eigenvalue weighted by molar-refractivity contribution is 5.75. The molecule has 0 saturated carbocycles. The Hall–Kier alpha value is -4.27. The van der Waals surface area contributed by atoms with Crippen molar-refractivity contribution in [3.63, 3.8) is 0 Å². The van der Waals surface area contributed by atoms with E-state index in [9.17, 15) is 4.79 Å². The number of allylic oxidation sites excluding steroid dienone is 1. The third-order valence-electron chi connectivity index (χ3n) is 5.43. The first kappa shape index (κ1) is 22.9. The molecule has 0 fully saturated rings. The Morgan fingerprint density at radius 3 is 2.76 bits per heavy atom. The Kier molecular flexibility index (Phi) is 6.27. The summed E-state index contributed by atoms with van der Waals surface area (Å²) in [7, 11) is 3.39. The summed E-state index contributed by atoms with van der Waals surface area (Å²) in [5.41, 5.74) is 5.12. The van der Waals surface area contributed by atoms with Crippen LogP contribution < -0.4 is 21.1 Å². The minimum Gasteiger partial charge on any atom is -0.478 e. The van der Waals surface area contributed by atoms with Gasteiger partial charge in [0.15, 0.2) is 5.65 Å². The van der Waals surface area contributed by atoms with Crippen LogP contribution in [0.4, 0.5) is 17.1 Å². The summed E-state index contributed by atoms with van der Waals surface area (Å²) in [4.78, 5) is 18.1. The Morgan fingerprint density at radius 2 is 2.06 bits per heavy atom. The number of fused-ring (bicyclic) bond motifs is 1. The van der Waals surface area contributed by atoms with Crippen LogP contribution in [0.1, 0.15) is 31.0 Å². The number of aromatic nitrogens is 5. The van der Waals surface area contributed by atoms with E-state index in [-0.39, 0.29) is 11.6 Å². The van der Waals surface area contributed by atoms with Crippen molar-refractivity contribution in [2.45, 2.75) is 26.3 Å². The first-order valence-electron chi connectivity index (χ1n) is 10.9. The monoisotopic (exact) mass is 459 g/mol. The van der Waals surface area contributed by atoms with Crippen LogP contribution in [-0.4, -0.2) is 30.8 Å². The summed E-state index contributed by atoms with van der Waals surface area (Å²) in [6.07, 6.45) is 7.01. The molecule has 34 heavy (non-hydrogen) atoms. The number of nitrogens with one attached hydrogen (secondary N) is 2. The number of imidazole rings is 1. The van der Waals surface area contributed by atoms with Gasteiger partial charge in [-0.1, -0.05) is 39.1 Å². The van der Waals surface area contributed by atoms with Crippen molar-refractivity contribution in [3.8, 4) is 5.88 Å². The van der Waals surface area contributed by atoms with Gasteiger partial charge >= 0.3 is 5.69 Å². The number of methoxy groups -OCH3 is 1. The minimum atomic E-state index is -0.159. The van der Waals surface area contributed by atoms with Gasteiger partial charge in [-0.05, 0) is 29.7 Å². The van der Waals surface area contributed by atoms with Gasteiger partial charge in [-0.15, -0.1) is 5.10 Å². The van der Waals surface area contributed by atoms with E-state index >= 15 is 0 Å². The van der Waals surface area contributed by atoms with Crippen molar-refractivity contribution in [2.75, 3.05) is 17.7 Å². The van der Waals surface area contributed by atoms with Gasteiger partial charge in [0.25, 0.3) is 5.88 Å². The Bertz CT molecular complexity index is 1430. The van der Waals surface area contributed by atoms with Gasteiger partial charge in [-0.2, -0.15) is 0 Å². The minimum absolute atomic E-state index is 0.122. The van der Waals surface area contributed by atoms with Crippen molar-refractivity contribution in [1.29, 1.82) is 0 Å². The smallest absolute Gasteiger partial charge is 0.334 e. The predicted molar refractivity (Wildman–Crippen MR) is 135 cm³/mol. The molecule has 0 saturated heterocycles. The molecule has 3 aromatic heterocycles. The molecule has 0 aliphatic heterocycles. The Labute approximate surface area is 198 Å². The Morgan fingerprint density at radius 1 is 1.26 bits per heavy atom. The zero-order valence-corrected chi connectivity index (χ0v) is 19.9. The Balaban J connectivity index is 1.81. The fourth-order valence-corrected chi connectivity index (χ4v) is 3.79. The highest BCUT2D eigenvalue weighted by Gasteiger charge is 2.18. The van der Waals surface area contributed by atoms with Crippen LogP contribution in [0.3, 0.4) is 0 Å². The van der Waals surface area contributed by atoms with Crippen LogP contribution in [0.5, 0.6) is 5.88 Å². The molecular formula is C25H29N7O2. The fraction of sp³-hybridized carbons (Fsp3) is 0.240. The molecule has 1 aromatic carbocycles. The average Bonchev–Trinajstić information content (AvgIpc) is 3.41. The summed E-state index contributed by atoms with van der Waals surface area (Å²) in [5.74, 6) is 0.576. The molecule has 4 aromatic rings. The van der Waals surface area contributed by atoms with Crippen molar-refractivity contribution in [2.24, 2.45) is 7.05 Å². The van der Waals surface area contributed by atoms with Crippen LogP contribution in [-0.2, 0) is 13.6 Å². The first-order valence-corrected chi connectivity index (χ1v) is 10.9. The molecule has 3 heterocycles. The van der Waals surface area contributed by atoms with Crippen molar-refractivity contribution in [3.05, 3.63) is 89.5 Å². The van der Waals surface area contributed by atoms with Crippen LogP contribution in [0.15, 0.2) is 72.6 Å². The third kappa shape index (κ3) is 4.45. The number of hydrogen-bond donors (Lipinski definition) is 2. The van der Waals surface area contributed by atoms with Gasteiger partial charge in [-0.3, -0.25) is 9.25 Å². The molecule has 0 bridgehead atoms. The van der Waals surface area contributed by atoms with Gasteiger partial charge in [0.2, 0.25) is 0 Å². The van der Waals surface area contributed by atoms with E-state index in [4.69, 9.17) is 4.74 Å². The number of rotatable bonds is 9. The van der Waals surface area contributed by atoms with Crippen LogP contribution in [0.25, 0.3) is 5.65 Å². The lowest BCUT2D eigenvalue weighted by molar-refractivity contribution is 0.393.